The van der Waals surface area contributed by atoms with E-state index in [-0.39, 0.29) is 11.1 Å². The van der Waals surface area contributed by atoms with Crippen LogP contribution in [0.15, 0.2) is 72.9 Å². The first-order valence-electron chi connectivity index (χ1n) is 9.26. The highest BCUT2D eigenvalue weighted by molar-refractivity contribution is 6.31. The molecule has 3 aromatic carbocycles. The van der Waals surface area contributed by atoms with Crippen molar-refractivity contribution in [1.82, 2.24) is 10.3 Å². The minimum atomic E-state index is -0.753. The number of hydrogen-bond donors (Lipinski definition) is 1. The van der Waals surface area contributed by atoms with Crippen LogP contribution in [0.5, 0.6) is 0 Å². The van der Waals surface area contributed by atoms with E-state index in [1.807, 2.05) is 18.2 Å². The van der Waals surface area contributed by atoms with Crippen molar-refractivity contribution in [3.63, 3.8) is 0 Å². The molecule has 1 aromatic heterocycles. The van der Waals surface area contributed by atoms with Crippen molar-refractivity contribution < 1.29 is 9.18 Å². The Morgan fingerprint density at radius 3 is 2.42 bits per heavy atom. The molecule has 0 fully saturated rings. The fraction of sp³-hybridized carbons (Fsp3) is 0.0417. The summed E-state index contributed by atoms with van der Waals surface area (Å²) in [5.41, 5.74) is 1.30. The number of rotatable bonds is 4. The largest absolute Gasteiger partial charge is 0.340 e. The lowest BCUT2D eigenvalue weighted by atomic mass is 10.0. The third-order valence-corrected chi connectivity index (χ3v) is 5.32. The Morgan fingerprint density at radius 2 is 1.71 bits per heavy atom. The van der Waals surface area contributed by atoms with E-state index in [4.69, 9.17) is 28.5 Å². The van der Waals surface area contributed by atoms with Crippen molar-refractivity contribution in [3.8, 4) is 6.07 Å². The highest BCUT2D eigenvalue weighted by Gasteiger charge is 2.20. The second-order valence-electron chi connectivity index (χ2n) is 6.87. The Balaban J connectivity index is 1.74. The molecule has 1 heterocycles. The molecule has 0 radical (unpaired) electrons. The molecule has 0 aliphatic rings. The molecular formula is C24H14Cl2FN3O. The highest BCUT2D eigenvalue weighted by Crippen LogP contribution is 2.27. The average molecular weight is 450 g/mol. The first kappa shape index (κ1) is 20.8. The van der Waals surface area contributed by atoms with E-state index in [1.54, 1.807) is 42.6 Å². The predicted molar refractivity (Wildman–Crippen MR) is 119 cm³/mol. The summed E-state index contributed by atoms with van der Waals surface area (Å²) in [7, 11) is 0. The van der Waals surface area contributed by atoms with E-state index in [2.05, 4.69) is 10.3 Å². The lowest BCUT2D eigenvalue weighted by Crippen LogP contribution is -2.30. The van der Waals surface area contributed by atoms with Crippen LogP contribution in [0.1, 0.15) is 33.2 Å². The topological polar surface area (TPSA) is 65.8 Å². The Morgan fingerprint density at radius 1 is 0.968 bits per heavy atom. The van der Waals surface area contributed by atoms with Gasteiger partial charge in [0, 0.05) is 27.2 Å². The van der Waals surface area contributed by atoms with E-state index in [1.165, 1.54) is 12.1 Å². The third kappa shape index (κ3) is 4.51. The smallest absolute Gasteiger partial charge is 0.252 e. The molecule has 4 aromatic rings. The van der Waals surface area contributed by atoms with Gasteiger partial charge in [-0.2, -0.15) is 5.26 Å². The first-order chi connectivity index (χ1) is 14.9. The monoisotopic (exact) mass is 449 g/mol. The molecule has 0 saturated heterocycles. The molecule has 7 heteroatoms. The van der Waals surface area contributed by atoms with E-state index in [0.29, 0.717) is 15.7 Å². The third-order valence-electron chi connectivity index (χ3n) is 4.83. The first-order valence-corrected chi connectivity index (χ1v) is 10.0. The summed E-state index contributed by atoms with van der Waals surface area (Å²) >= 11 is 12.1. The van der Waals surface area contributed by atoms with Gasteiger partial charge in [-0.05, 0) is 59.5 Å². The molecule has 0 bridgehead atoms. The van der Waals surface area contributed by atoms with Crippen LogP contribution in [-0.4, -0.2) is 10.9 Å². The van der Waals surface area contributed by atoms with Gasteiger partial charge < -0.3 is 5.32 Å². The predicted octanol–water partition coefficient (Wildman–Crippen LogP) is 6.07. The van der Waals surface area contributed by atoms with Crippen LogP contribution in [0.4, 0.5) is 4.39 Å². The number of carbonyl (C=O) groups is 1. The summed E-state index contributed by atoms with van der Waals surface area (Å²) in [6.45, 7) is 0. The number of amides is 1. The number of halogens is 3. The van der Waals surface area contributed by atoms with Crippen LogP contribution in [0, 0.1) is 17.1 Å². The van der Waals surface area contributed by atoms with Gasteiger partial charge in [0.2, 0.25) is 0 Å². The van der Waals surface area contributed by atoms with Crippen molar-refractivity contribution in [1.29, 1.82) is 5.26 Å². The zero-order valence-corrected chi connectivity index (χ0v) is 17.5. The molecule has 0 aliphatic heterocycles. The number of benzene rings is 3. The summed E-state index contributed by atoms with van der Waals surface area (Å²) in [5, 5.41) is 14.7. The molecule has 31 heavy (non-hydrogen) atoms. The summed E-state index contributed by atoms with van der Waals surface area (Å²) in [6.07, 6.45) is 1.71. The van der Waals surface area contributed by atoms with E-state index >= 15 is 0 Å². The van der Waals surface area contributed by atoms with Gasteiger partial charge in [0.1, 0.15) is 11.9 Å². The minimum absolute atomic E-state index is 0.0966. The van der Waals surface area contributed by atoms with E-state index < -0.39 is 17.8 Å². The molecule has 0 unspecified atom stereocenters. The highest BCUT2D eigenvalue weighted by atomic mass is 35.5. The molecule has 152 valence electrons. The van der Waals surface area contributed by atoms with Crippen LogP contribution in [-0.2, 0) is 0 Å². The fourth-order valence-corrected chi connectivity index (χ4v) is 3.54. The van der Waals surface area contributed by atoms with Crippen molar-refractivity contribution in [3.05, 3.63) is 111 Å². The van der Waals surface area contributed by atoms with Crippen LogP contribution < -0.4 is 5.32 Å². The zero-order valence-electron chi connectivity index (χ0n) is 15.9. The van der Waals surface area contributed by atoms with Gasteiger partial charge in [0.15, 0.2) is 0 Å². The Kier molecular flexibility index (Phi) is 5.85. The van der Waals surface area contributed by atoms with Gasteiger partial charge >= 0.3 is 0 Å². The number of carbonyl (C=O) groups excluding carboxylic acids is 1. The Bertz CT molecular complexity index is 1330. The quantitative estimate of drug-likeness (QED) is 0.410. The number of nitrogens with one attached hydrogen (secondary N) is 1. The van der Waals surface area contributed by atoms with Gasteiger partial charge in [-0.15, -0.1) is 0 Å². The zero-order chi connectivity index (χ0) is 22.0. The van der Waals surface area contributed by atoms with Crippen LogP contribution in [0.2, 0.25) is 10.0 Å². The SMILES string of the molecule is N#Cc1ccc(C(=O)N[C@@H](c2ccc(Cl)cc2)c2cc3cc(Cl)ccc3cn2)cc1F. The Hall–Kier alpha value is -3.46. The fourth-order valence-electron chi connectivity index (χ4n) is 3.23. The molecule has 0 aliphatic carbocycles. The second kappa shape index (κ2) is 8.73. The summed E-state index contributed by atoms with van der Waals surface area (Å²) < 4.78 is 14.0. The van der Waals surface area contributed by atoms with Crippen molar-refractivity contribution in [2.75, 3.05) is 0 Å². The maximum absolute atomic E-state index is 14.0. The molecule has 1 atom stereocenters. The van der Waals surface area contributed by atoms with E-state index in [9.17, 15) is 9.18 Å². The summed E-state index contributed by atoms with van der Waals surface area (Å²) in [6, 6.07) is 19.2. The standard InChI is InChI=1S/C24H14Cl2FN3O/c25-19-6-3-14(4-7-19)23(22-11-18-9-20(26)8-5-17(18)13-29-22)30-24(31)15-1-2-16(12-28)21(27)10-15/h1-11,13,23H,(H,30,31)/t23-/m0/s1. The number of nitrogens with zero attached hydrogens (tertiary/aromatic N) is 2. The number of hydrogen-bond acceptors (Lipinski definition) is 3. The van der Waals surface area contributed by atoms with Crippen molar-refractivity contribution >= 4 is 39.9 Å². The number of fused-ring (bicyclic) bond motifs is 1. The number of pyridine rings is 1. The summed E-state index contributed by atoms with van der Waals surface area (Å²) in [5.74, 6) is -1.26. The van der Waals surface area contributed by atoms with E-state index in [0.717, 1.165) is 22.4 Å². The molecule has 1 N–H and O–H groups in total. The van der Waals surface area contributed by atoms with Crippen LogP contribution >= 0.6 is 23.2 Å². The van der Waals surface area contributed by atoms with Gasteiger partial charge in [-0.3, -0.25) is 9.78 Å². The average Bonchev–Trinajstić information content (AvgIpc) is 2.77. The second-order valence-corrected chi connectivity index (χ2v) is 7.74. The number of nitriles is 1. The van der Waals surface area contributed by atoms with Crippen LogP contribution in [0.3, 0.4) is 0 Å². The summed E-state index contributed by atoms with van der Waals surface area (Å²) in [4.78, 5) is 17.4. The van der Waals surface area contributed by atoms with Crippen LogP contribution in [0.25, 0.3) is 10.8 Å². The van der Waals surface area contributed by atoms with Gasteiger partial charge in [0.25, 0.3) is 5.91 Å². The van der Waals surface area contributed by atoms with Gasteiger partial charge in [-0.1, -0.05) is 41.4 Å². The van der Waals surface area contributed by atoms with Gasteiger partial charge in [0.05, 0.1) is 17.3 Å². The molecule has 4 rings (SSSR count). The normalized spacial score (nSPS) is 11.7. The molecular weight excluding hydrogens is 436 g/mol. The minimum Gasteiger partial charge on any atom is -0.340 e. The Labute approximate surface area is 187 Å². The lowest BCUT2D eigenvalue weighted by molar-refractivity contribution is 0.0942. The molecule has 0 saturated carbocycles. The molecule has 1 amide bonds. The van der Waals surface area contributed by atoms with Crippen molar-refractivity contribution in [2.45, 2.75) is 6.04 Å². The van der Waals surface area contributed by atoms with Crippen molar-refractivity contribution in [2.24, 2.45) is 0 Å². The maximum Gasteiger partial charge on any atom is 0.252 e. The lowest BCUT2D eigenvalue weighted by Gasteiger charge is -2.20. The number of aromatic nitrogens is 1. The maximum atomic E-state index is 14.0. The molecule has 0 spiro atoms. The van der Waals surface area contributed by atoms with Gasteiger partial charge in [-0.25, -0.2) is 4.39 Å². The molecule has 4 nitrogen and oxygen atoms in total.